The van der Waals surface area contributed by atoms with Crippen LogP contribution in [0.4, 0.5) is 0 Å². The van der Waals surface area contributed by atoms with Gasteiger partial charge in [-0.05, 0) is 30.4 Å². The minimum atomic E-state index is -0.887. The third kappa shape index (κ3) is 2.63. The molecule has 4 atom stereocenters. The topological polar surface area (TPSA) is 91.1 Å². The van der Waals surface area contributed by atoms with Crippen LogP contribution in [0.2, 0.25) is 0 Å². The van der Waals surface area contributed by atoms with Crippen molar-refractivity contribution >= 4 is 17.8 Å². The number of carboxylic acids is 1. The molecule has 2 bridgehead atoms. The maximum atomic E-state index is 12.9. The van der Waals surface area contributed by atoms with Gasteiger partial charge in [0.25, 0.3) is 5.91 Å². The van der Waals surface area contributed by atoms with Crippen LogP contribution in [0.3, 0.4) is 0 Å². The molecule has 132 valence electrons. The molecule has 7 nitrogen and oxygen atoms in total. The number of nitrogens with zero attached hydrogens (tertiary/aromatic N) is 2. The molecule has 1 aromatic rings. The van der Waals surface area contributed by atoms with E-state index in [2.05, 4.69) is 0 Å². The lowest BCUT2D eigenvalue weighted by Gasteiger charge is -2.37. The molecule has 1 aromatic heterocycles. The zero-order valence-corrected chi connectivity index (χ0v) is 13.7. The fourth-order valence-electron chi connectivity index (χ4n) is 4.39. The number of furan rings is 1. The van der Waals surface area contributed by atoms with E-state index in [0.29, 0.717) is 31.9 Å². The summed E-state index contributed by atoms with van der Waals surface area (Å²) in [4.78, 5) is 40.2. The molecule has 1 N–H and O–H groups in total. The number of aliphatic carboxylic acids is 1. The van der Waals surface area contributed by atoms with Gasteiger partial charge in [-0.15, -0.1) is 0 Å². The first kappa shape index (κ1) is 15.9. The first-order valence-corrected chi connectivity index (χ1v) is 8.59. The van der Waals surface area contributed by atoms with Crippen LogP contribution in [0.15, 0.2) is 35.0 Å². The summed E-state index contributed by atoms with van der Waals surface area (Å²) in [5, 5.41) is 9.51. The lowest BCUT2D eigenvalue weighted by Crippen LogP contribution is -2.53. The van der Waals surface area contributed by atoms with Crippen LogP contribution in [0.25, 0.3) is 0 Å². The first-order valence-electron chi connectivity index (χ1n) is 8.59. The average molecular weight is 344 g/mol. The van der Waals surface area contributed by atoms with Gasteiger partial charge in [-0.1, -0.05) is 12.2 Å². The van der Waals surface area contributed by atoms with Gasteiger partial charge in [0, 0.05) is 26.2 Å². The molecule has 7 heteroatoms. The van der Waals surface area contributed by atoms with E-state index in [4.69, 9.17) is 4.42 Å². The number of carboxylic acid groups (broad SMARTS) is 1. The van der Waals surface area contributed by atoms with Crippen molar-refractivity contribution in [2.24, 2.45) is 23.7 Å². The van der Waals surface area contributed by atoms with Gasteiger partial charge in [0.15, 0.2) is 5.76 Å². The third-order valence-electron chi connectivity index (χ3n) is 5.64. The molecular weight excluding hydrogens is 324 g/mol. The van der Waals surface area contributed by atoms with Crippen LogP contribution in [0.5, 0.6) is 0 Å². The molecule has 2 aliphatic carbocycles. The third-order valence-corrected chi connectivity index (χ3v) is 5.64. The van der Waals surface area contributed by atoms with E-state index in [0.717, 1.165) is 6.42 Å². The van der Waals surface area contributed by atoms with Gasteiger partial charge >= 0.3 is 5.97 Å². The molecule has 1 aliphatic heterocycles. The van der Waals surface area contributed by atoms with Crippen LogP contribution < -0.4 is 0 Å². The van der Waals surface area contributed by atoms with Crippen LogP contribution in [-0.2, 0) is 9.59 Å². The Morgan fingerprint density at radius 3 is 2.24 bits per heavy atom. The Kier molecular flexibility index (Phi) is 3.86. The Hall–Kier alpha value is -2.57. The van der Waals surface area contributed by atoms with Gasteiger partial charge in [-0.3, -0.25) is 14.4 Å². The molecule has 1 saturated heterocycles. The van der Waals surface area contributed by atoms with E-state index in [-0.39, 0.29) is 23.7 Å². The Bertz CT molecular complexity index is 718. The number of amides is 2. The second-order valence-corrected chi connectivity index (χ2v) is 6.93. The largest absolute Gasteiger partial charge is 0.481 e. The number of carbonyl (C=O) groups is 3. The molecule has 0 unspecified atom stereocenters. The van der Waals surface area contributed by atoms with Gasteiger partial charge in [-0.25, -0.2) is 0 Å². The summed E-state index contributed by atoms with van der Waals surface area (Å²) < 4.78 is 5.13. The number of allylic oxidation sites excluding steroid dienone is 2. The molecule has 2 fully saturated rings. The maximum absolute atomic E-state index is 12.9. The van der Waals surface area contributed by atoms with Crippen molar-refractivity contribution in [2.75, 3.05) is 26.2 Å². The molecule has 25 heavy (non-hydrogen) atoms. The fourth-order valence-corrected chi connectivity index (χ4v) is 4.39. The first-order chi connectivity index (χ1) is 12.1. The molecule has 3 aliphatic rings. The highest BCUT2D eigenvalue weighted by Gasteiger charge is 2.52. The minimum Gasteiger partial charge on any atom is -0.481 e. The number of hydrogen-bond acceptors (Lipinski definition) is 4. The summed E-state index contributed by atoms with van der Waals surface area (Å²) in [5.74, 6) is -1.95. The van der Waals surface area contributed by atoms with Crippen LogP contribution in [-0.4, -0.2) is 58.9 Å². The van der Waals surface area contributed by atoms with Crippen molar-refractivity contribution in [1.82, 2.24) is 9.80 Å². The normalized spacial score (nSPS) is 30.7. The molecule has 0 aromatic carbocycles. The predicted octanol–water partition coefficient (Wildman–Crippen LogP) is 1.09. The molecule has 0 spiro atoms. The number of rotatable bonds is 3. The second-order valence-electron chi connectivity index (χ2n) is 6.93. The van der Waals surface area contributed by atoms with Crippen molar-refractivity contribution in [3.8, 4) is 0 Å². The summed E-state index contributed by atoms with van der Waals surface area (Å²) in [6, 6.07) is 3.29. The van der Waals surface area contributed by atoms with Crippen LogP contribution >= 0.6 is 0 Å². The van der Waals surface area contributed by atoms with E-state index in [1.165, 1.54) is 6.26 Å². The average Bonchev–Trinajstić information content (AvgIpc) is 3.36. The van der Waals surface area contributed by atoms with E-state index in [1.807, 2.05) is 12.2 Å². The maximum Gasteiger partial charge on any atom is 0.307 e. The number of fused-ring (bicyclic) bond motifs is 2. The van der Waals surface area contributed by atoms with Gasteiger partial charge in [0.05, 0.1) is 18.1 Å². The number of carbonyl (C=O) groups excluding carboxylic acids is 2. The summed E-state index contributed by atoms with van der Waals surface area (Å²) in [6.07, 6.45) is 6.14. The monoisotopic (exact) mass is 344 g/mol. The smallest absolute Gasteiger partial charge is 0.307 e. The summed E-state index contributed by atoms with van der Waals surface area (Å²) >= 11 is 0. The van der Waals surface area contributed by atoms with Crippen molar-refractivity contribution in [1.29, 1.82) is 0 Å². The molecule has 4 rings (SSSR count). The Morgan fingerprint density at radius 2 is 1.64 bits per heavy atom. The van der Waals surface area contributed by atoms with E-state index < -0.39 is 17.8 Å². The quantitative estimate of drug-likeness (QED) is 0.829. The standard InChI is InChI=1S/C18H20N2O5/c21-16(13-2-1-9-25-13)19-5-7-20(8-6-19)17(22)14-11-3-4-12(10-11)15(14)18(23)24/h1-4,9,11-12,14-15H,5-8,10H2,(H,23,24)/t11-,12+,14-,15+/m1/s1. The van der Waals surface area contributed by atoms with Gasteiger partial charge in [0.2, 0.25) is 5.91 Å². The molecule has 2 heterocycles. The summed E-state index contributed by atoms with van der Waals surface area (Å²) in [5.41, 5.74) is 0. The van der Waals surface area contributed by atoms with E-state index in [9.17, 15) is 19.5 Å². The number of piperazine rings is 1. The molecule has 2 amide bonds. The van der Waals surface area contributed by atoms with Crippen molar-refractivity contribution in [3.05, 3.63) is 36.3 Å². The number of hydrogen-bond donors (Lipinski definition) is 1. The zero-order valence-electron chi connectivity index (χ0n) is 13.7. The second kappa shape index (κ2) is 6.06. The highest BCUT2D eigenvalue weighted by Crippen LogP contribution is 2.48. The SMILES string of the molecule is O=C(O)[C@@H]1[C@H](C(=O)N2CCN(C(=O)c3ccco3)CC2)[C@@H]2C=C[C@H]1C2. The van der Waals surface area contributed by atoms with Gasteiger partial charge < -0.3 is 19.3 Å². The zero-order chi connectivity index (χ0) is 17.6. The van der Waals surface area contributed by atoms with Crippen LogP contribution in [0, 0.1) is 23.7 Å². The Morgan fingerprint density at radius 1 is 1.00 bits per heavy atom. The van der Waals surface area contributed by atoms with Gasteiger partial charge in [0.1, 0.15) is 0 Å². The summed E-state index contributed by atoms with van der Waals surface area (Å²) in [6.45, 7) is 1.71. The summed E-state index contributed by atoms with van der Waals surface area (Å²) in [7, 11) is 0. The highest BCUT2D eigenvalue weighted by atomic mass is 16.4. The van der Waals surface area contributed by atoms with Crippen molar-refractivity contribution in [2.45, 2.75) is 6.42 Å². The highest BCUT2D eigenvalue weighted by molar-refractivity contribution is 5.92. The van der Waals surface area contributed by atoms with Crippen molar-refractivity contribution < 1.29 is 23.9 Å². The van der Waals surface area contributed by atoms with E-state index >= 15 is 0 Å². The Labute approximate surface area is 144 Å². The lowest BCUT2D eigenvalue weighted by atomic mass is 9.82. The Balaban J connectivity index is 1.41. The van der Waals surface area contributed by atoms with Crippen molar-refractivity contribution in [3.63, 3.8) is 0 Å². The molecule has 1 saturated carbocycles. The lowest BCUT2D eigenvalue weighted by molar-refractivity contribution is -0.151. The van der Waals surface area contributed by atoms with Crippen LogP contribution in [0.1, 0.15) is 17.0 Å². The molecular formula is C18H20N2O5. The van der Waals surface area contributed by atoms with Gasteiger partial charge in [-0.2, -0.15) is 0 Å². The predicted molar refractivity (Wildman–Crippen MR) is 86.5 cm³/mol. The minimum absolute atomic E-state index is 0.0291. The fraction of sp³-hybridized carbons (Fsp3) is 0.500. The molecule has 0 radical (unpaired) electrons. The van der Waals surface area contributed by atoms with E-state index in [1.54, 1.807) is 21.9 Å².